The van der Waals surface area contributed by atoms with Crippen molar-refractivity contribution in [3.05, 3.63) is 15.5 Å². The molecule has 0 bridgehead atoms. The molecule has 1 heterocycles. The van der Waals surface area contributed by atoms with Gasteiger partial charge in [0.25, 0.3) is 0 Å². The van der Waals surface area contributed by atoms with Gasteiger partial charge in [0.1, 0.15) is 10.8 Å². The van der Waals surface area contributed by atoms with Crippen LogP contribution in [0.2, 0.25) is 5.02 Å². The second-order valence-corrected chi connectivity index (χ2v) is 3.12. The van der Waals surface area contributed by atoms with Gasteiger partial charge in [-0.05, 0) is 15.9 Å². The summed E-state index contributed by atoms with van der Waals surface area (Å²) in [4.78, 5) is 18.5. The summed E-state index contributed by atoms with van der Waals surface area (Å²) in [6.07, 6.45) is 0. The van der Waals surface area contributed by atoms with Gasteiger partial charge in [0, 0.05) is 0 Å². The lowest BCUT2D eigenvalue weighted by Crippen LogP contribution is -2.08. The number of hydrogen-bond donors (Lipinski definition) is 1. The van der Waals surface area contributed by atoms with Crippen LogP contribution >= 0.6 is 27.5 Å². The summed E-state index contributed by atoms with van der Waals surface area (Å²) in [5.74, 6) is -0.622. The van der Waals surface area contributed by atoms with Crippen molar-refractivity contribution in [2.24, 2.45) is 0 Å². The zero-order valence-corrected chi connectivity index (χ0v) is 8.89. The van der Waals surface area contributed by atoms with Crippen LogP contribution < -0.4 is 5.73 Å². The number of methoxy groups -OCH3 is 1. The van der Waals surface area contributed by atoms with E-state index >= 15 is 0 Å². The molecular weight excluding hydrogens is 261 g/mol. The van der Waals surface area contributed by atoms with Crippen LogP contribution in [0.3, 0.4) is 0 Å². The molecule has 0 aliphatic rings. The molecule has 0 atom stereocenters. The van der Waals surface area contributed by atoms with Crippen LogP contribution in [0.4, 0.5) is 5.82 Å². The highest BCUT2D eigenvalue weighted by molar-refractivity contribution is 9.10. The van der Waals surface area contributed by atoms with Gasteiger partial charge in [-0.25, -0.2) is 14.8 Å². The number of carbonyl (C=O) groups excluding carboxylic acids is 1. The zero-order valence-electron chi connectivity index (χ0n) is 6.54. The highest BCUT2D eigenvalue weighted by Gasteiger charge is 2.16. The number of anilines is 1. The number of rotatable bonds is 1. The van der Waals surface area contributed by atoms with E-state index in [9.17, 15) is 4.79 Å². The van der Waals surface area contributed by atoms with Crippen molar-refractivity contribution >= 4 is 39.3 Å². The Labute approximate surface area is 87.4 Å². The highest BCUT2D eigenvalue weighted by atomic mass is 79.9. The average molecular weight is 266 g/mol. The van der Waals surface area contributed by atoms with E-state index in [2.05, 4.69) is 30.6 Å². The number of hydrogen-bond acceptors (Lipinski definition) is 5. The number of aromatic nitrogens is 2. The van der Waals surface area contributed by atoms with E-state index in [1.54, 1.807) is 0 Å². The largest absolute Gasteiger partial charge is 0.464 e. The fourth-order valence-electron chi connectivity index (χ4n) is 0.668. The Kier molecular flexibility index (Phi) is 3.05. The van der Waals surface area contributed by atoms with Crippen molar-refractivity contribution in [3.8, 4) is 0 Å². The first-order valence-corrected chi connectivity index (χ1v) is 4.30. The standard InChI is InChI=1S/C6H5BrClN3O2/c1-13-5(12)3-2(8)4(9)11-6(7)10-3/h1H3,(H2,9,10,11). The number of carbonyl (C=O) groups is 1. The number of ether oxygens (including phenoxy) is 1. The Morgan fingerprint density at radius 1 is 1.62 bits per heavy atom. The summed E-state index contributed by atoms with van der Waals surface area (Å²) >= 11 is 8.64. The van der Waals surface area contributed by atoms with Gasteiger partial charge < -0.3 is 10.5 Å². The first-order chi connectivity index (χ1) is 6.06. The maximum atomic E-state index is 11.1. The van der Waals surface area contributed by atoms with Gasteiger partial charge in [-0.3, -0.25) is 0 Å². The molecule has 13 heavy (non-hydrogen) atoms. The molecule has 0 saturated carbocycles. The molecule has 2 N–H and O–H groups in total. The van der Waals surface area contributed by atoms with Crippen molar-refractivity contribution in [1.29, 1.82) is 0 Å². The zero-order chi connectivity index (χ0) is 10.0. The van der Waals surface area contributed by atoms with Crippen LogP contribution in [0.15, 0.2) is 4.73 Å². The number of nitrogens with two attached hydrogens (primary N) is 1. The van der Waals surface area contributed by atoms with Crippen LogP contribution in [0.1, 0.15) is 10.5 Å². The molecule has 0 radical (unpaired) electrons. The fourth-order valence-corrected chi connectivity index (χ4v) is 1.20. The van der Waals surface area contributed by atoms with Crippen molar-refractivity contribution in [3.63, 3.8) is 0 Å². The van der Waals surface area contributed by atoms with Crippen molar-refractivity contribution < 1.29 is 9.53 Å². The van der Waals surface area contributed by atoms with E-state index in [4.69, 9.17) is 17.3 Å². The molecule has 5 nitrogen and oxygen atoms in total. The number of nitrogens with zero attached hydrogens (tertiary/aromatic N) is 2. The first kappa shape index (κ1) is 10.2. The lowest BCUT2D eigenvalue weighted by atomic mass is 10.4. The summed E-state index contributed by atoms with van der Waals surface area (Å²) in [7, 11) is 1.23. The predicted octanol–water partition coefficient (Wildman–Crippen LogP) is 1.26. The Bertz CT molecular complexity index is 358. The average Bonchev–Trinajstić information content (AvgIpc) is 2.10. The molecule has 0 aromatic carbocycles. The van der Waals surface area contributed by atoms with Gasteiger partial charge in [-0.1, -0.05) is 11.6 Å². The topological polar surface area (TPSA) is 78.1 Å². The maximum absolute atomic E-state index is 11.1. The Hall–Kier alpha value is -0.880. The minimum absolute atomic E-state index is 0.00458. The molecule has 0 saturated heterocycles. The molecule has 0 unspecified atom stereocenters. The predicted molar refractivity (Wildman–Crippen MR) is 50.5 cm³/mol. The van der Waals surface area contributed by atoms with Gasteiger partial charge in [0.05, 0.1) is 7.11 Å². The molecule has 1 rings (SSSR count). The van der Waals surface area contributed by atoms with Crippen molar-refractivity contribution in [1.82, 2.24) is 9.97 Å². The Morgan fingerprint density at radius 2 is 2.23 bits per heavy atom. The SMILES string of the molecule is COC(=O)c1nc(Br)nc(N)c1Cl. The molecule has 0 fully saturated rings. The first-order valence-electron chi connectivity index (χ1n) is 3.13. The second-order valence-electron chi connectivity index (χ2n) is 2.03. The maximum Gasteiger partial charge on any atom is 0.358 e. The third-order valence-electron chi connectivity index (χ3n) is 1.23. The van der Waals surface area contributed by atoms with Gasteiger partial charge in [-0.2, -0.15) is 0 Å². The van der Waals surface area contributed by atoms with Gasteiger partial charge >= 0.3 is 5.97 Å². The van der Waals surface area contributed by atoms with Crippen LogP contribution in [-0.4, -0.2) is 23.0 Å². The van der Waals surface area contributed by atoms with E-state index in [0.717, 1.165) is 0 Å². The molecular formula is C6H5BrClN3O2. The van der Waals surface area contributed by atoms with E-state index in [0.29, 0.717) is 0 Å². The minimum Gasteiger partial charge on any atom is -0.464 e. The number of halogens is 2. The van der Waals surface area contributed by atoms with Crippen LogP contribution in [0, 0.1) is 0 Å². The van der Waals surface area contributed by atoms with Crippen molar-refractivity contribution in [2.75, 3.05) is 12.8 Å². The molecule has 0 aliphatic carbocycles. The summed E-state index contributed by atoms with van der Waals surface area (Å²) in [5.41, 5.74) is 5.34. The van der Waals surface area contributed by atoms with Crippen LogP contribution in [-0.2, 0) is 4.74 Å². The summed E-state index contributed by atoms with van der Waals surface area (Å²) in [6.45, 7) is 0. The normalized spacial score (nSPS) is 9.77. The van der Waals surface area contributed by atoms with Crippen molar-refractivity contribution in [2.45, 2.75) is 0 Å². The molecule has 70 valence electrons. The highest BCUT2D eigenvalue weighted by Crippen LogP contribution is 2.22. The van der Waals surface area contributed by atoms with Gasteiger partial charge in [0.15, 0.2) is 10.4 Å². The Morgan fingerprint density at radius 3 is 2.77 bits per heavy atom. The minimum atomic E-state index is -0.653. The smallest absolute Gasteiger partial charge is 0.358 e. The number of esters is 1. The molecule has 7 heteroatoms. The molecule has 0 aliphatic heterocycles. The van der Waals surface area contributed by atoms with E-state index < -0.39 is 5.97 Å². The lowest BCUT2D eigenvalue weighted by molar-refractivity contribution is 0.0594. The molecule has 0 spiro atoms. The molecule has 1 aromatic heterocycles. The van der Waals surface area contributed by atoms with E-state index in [-0.39, 0.29) is 21.3 Å². The molecule has 1 aromatic rings. The monoisotopic (exact) mass is 265 g/mol. The van der Waals surface area contributed by atoms with E-state index in [1.165, 1.54) is 7.11 Å². The van der Waals surface area contributed by atoms with E-state index in [1.807, 2.05) is 0 Å². The van der Waals surface area contributed by atoms with Gasteiger partial charge in [-0.15, -0.1) is 0 Å². The Balaban J connectivity index is 3.28. The quantitative estimate of drug-likeness (QED) is 0.611. The van der Waals surface area contributed by atoms with Crippen LogP contribution in [0.25, 0.3) is 0 Å². The summed E-state index contributed by atoms with van der Waals surface area (Å²) in [6, 6.07) is 0. The number of nitrogen functional groups attached to an aromatic ring is 1. The third-order valence-corrected chi connectivity index (χ3v) is 1.96. The second kappa shape index (κ2) is 3.89. The third kappa shape index (κ3) is 2.07. The van der Waals surface area contributed by atoms with Gasteiger partial charge in [0.2, 0.25) is 0 Å². The van der Waals surface area contributed by atoms with Crippen LogP contribution in [0.5, 0.6) is 0 Å². The summed E-state index contributed by atoms with van der Waals surface area (Å²) in [5, 5.41) is -0.00458. The lowest BCUT2D eigenvalue weighted by Gasteiger charge is -2.03. The molecule has 0 amide bonds. The summed E-state index contributed by atoms with van der Waals surface area (Å²) < 4.78 is 4.63. The fraction of sp³-hybridized carbons (Fsp3) is 0.167.